The fraction of sp³-hybridized carbons (Fsp3) is 0.667. The van der Waals surface area contributed by atoms with Gasteiger partial charge in [0.05, 0.1) is 12.7 Å². The van der Waals surface area contributed by atoms with Gasteiger partial charge in [-0.25, -0.2) is 4.79 Å². The van der Waals surface area contributed by atoms with Gasteiger partial charge in [0.25, 0.3) is 0 Å². The third-order valence-electron chi connectivity index (χ3n) is 1.21. The van der Waals surface area contributed by atoms with Crippen molar-refractivity contribution in [3.8, 4) is 0 Å². The lowest BCUT2D eigenvalue weighted by Gasteiger charge is -2.17. The molecule has 1 saturated heterocycles. The van der Waals surface area contributed by atoms with Gasteiger partial charge < -0.3 is 9.47 Å². The van der Waals surface area contributed by atoms with Crippen molar-refractivity contribution >= 4 is 5.97 Å². The summed E-state index contributed by atoms with van der Waals surface area (Å²) in [5.74, 6) is -0.307. The lowest BCUT2D eigenvalue weighted by Crippen LogP contribution is -2.22. The average molecular weight is 170 g/mol. The Morgan fingerprint density at radius 1 is 1.58 bits per heavy atom. The summed E-state index contributed by atoms with van der Waals surface area (Å²) < 4.78 is 9.93. The van der Waals surface area contributed by atoms with Crippen molar-refractivity contribution in [3.63, 3.8) is 0 Å². The highest BCUT2D eigenvalue weighted by Crippen LogP contribution is 2.11. The molecule has 12 heavy (non-hydrogen) atoms. The maximum absolute atomic E-state index is 11.0. The van der Waals surface area contributed by atoms with Gasteiger partial charge in [-0.1, -0.05) is 0 Å². The highest BCUT2D eigenvalue weighted by atomic mass is 16.6. The summed E-state index contributed by atoms with van der Waals surface area (Å²) in [6.07, 6.45) is 3.27. The van der Waals surface area contributed by atoms with Gasteiger partial charge in [0.2, 0.25) is 0 Å². The molecule has 0 spiro atoms. The summed E-state index contributed by atoms with van der Waals surface area (Å²) in [6, 6.07) is 0. The topological polar surface area (TPSA) is 38.8 Å². The van der Waals surface area contributed by atoms with Crippen molar-refractivity contribution in [2.45, 2.75) is 32.5 Å². The number of carbonyl (C=O) groups excluding carboxylic acids is 1. The molecule has 3 nitrogen and oxygen atoms in total. The second kappa shape index (κ2) is 3.27. The number of rotatable bonds is 2. The maximum atomic E-state index is 11.0. The molecule has 1 aliphatic rings. The van der Waals surface area contributed by atoms with Crippen LogP contribution in [0.5, 0.6) is 0 Å². The standard InChI is InChI=1S/C9H14O3/c1-9(2,3)12-8(10)5-4-7-6-11-7/h4-5,7H,6H2,1-3H3/b5-4+. The van der Waals surface area contributed by atoms with Crippen molar-refractivity contribution in [2.24, 2.45) is 0 Å². The minimum absolute atomic E-state index is 0.137. The van der Waals surface area contributed by atoms with Gasteiger partial charge in [-0.15, -0.1) is 0 Å². The highest BCUT2D eigenvalue weighted by Gasteiger charge is 2.20. The Balaban J connectivity index is 2.27. The first-order valence-corrected chi connectivity index (χ1v) is 4.00. The largest absolute Gasteiger partial charge is 0.457 e. The number of carbonyl (C=O) groups is 1. The SMILES string of the molecule is CC(C)(C)OC(=O)/C=C/C1CO1. The van der Waals surface area contributed by atoms with Gasteiger partial charge in [-0.2, -0.15) is 0 Å². The van der Waals surface area contributed by atoms with E-state index in [0.717, 1.165) is 6.61 Å². The molecule has 1 rings (SSSR count). The van der Waals surface area contributed by atoms with Gasteiger partial charge in [-0.05, 0) is 26.8 Å². The number of epoxide rings is 1. The molecular weight excluding hydrogens is 156 g/mol. The van der Waals surface area contributed by atoms with E-state index in [1.54, 1.807) is 6.08 Å². The third-order valence-corrected chi connectivity index (χ3v) is 1.21. The highest BCUT2D eigenvalue weighted by molar-refractivity contribution is 5.82. The minimum atomic E-state index is -0.411. The smallest absolute Gasteiger partial charge is 0.331 e. The van der Waals surface area contributed by atoms with E-state index in [4.69, 9.17) is 9.47 Å². The molecule has 0 aromatic rings. The lowest BCUT2D eigenvalue weighted by atomic mass is 10.2. The molecule has 0 radical (unpaired) electrons. The molecule has 1 fully saturated rings. The Morgan fingerprint density at radius 3 is 2.58 bits per heavy atom. The average Bonchev–Trinajstić information content (AvgIpc) is 2.61. The molecule has 68 valence electrons. The molecule has 1 aliphatic heterocycles. The van der Waals surface area contributed by atoms with Crippen LogP contribution in [0.4, 0.5) is 0 Å². The zero-order chi connectivity index (χ0) is 9.19. The van der Waals surface area contributed by atoms with Crippen molar-refractivity contribution in [2.75, 3.05) is 6.61 Å². The second-order valence-corrected chi connectivity index (χ2v) is 3.76. The zero-order valence-corrected chi connectivity index (χ0v) is 7.66. The number of hydrogen-bond donors (Lipinski definition) is 0. The Hall–Kier alpha value is -0.830. The van der Waals surface area contributed by atoms with E-state index < -0.39 is 5.60 Å². The van der Waals surface area contributed by atoms with E-state index >= 15 is 0 Å². The van der Waals surface area contributed by atoms with Crippen LogP contribution in [-0.2, 0) is 14.3 Å². The summed E-state index contributed by atoms with van der Waals surface area (Å²) >= 11 is 0. The summed E-state index contributed by atoms with van der Waals surface area (Å²) in [6.45, 7) is 6.24. The van der Waals surface area contributed by atoms with E-state index in [9.17, 15) is 4.79 Å². The maximum Gasteiger partial charge on any atom is 0.331 e. The molecular formula is C9H14O3. The molecule has 3 heteroatoms. The van der Waals surface area contributed by atoms with Crippen molar-refractivity contribution in [1.82, 2.24) is 0 Å². The van der Waals surface area contributed by atoms with Crippen LogP contribution in [0.2, 0.25) is 0 Å². The Kier molecular flexibility index (Phi) is 2.52. The molecule has 0 aromatic heterocycles. The number of hydrogen-bond acceptors (Lipinski definition) is 3. The van der Waals surface area contributed by atoms with Crippen LogP contribution in [-0.4, -0.2) is 24.3 Å². The van der Waals surface area contributed by atoms with Gasteiger partial charge in [-0.3, -0.25) is 0 Å². The molecule has 1 heterocycles. The van der Waals surface area contributed by atoms with Crippen LogP contribution in [0.1, 0.15) is 20.8 Å². The molecule has 0 bridgehead atoms. The van der Waals surface area contributed by atoms with Crippen molar-refractivity contribution < 1.29 is 14.3 Å². The fourth-order valence-corrected chi connectivity index (χ4v) is 0.688. The minimum Gasteiger partial charge on any atom is -0.457 e. The van der Waals surface area contributed by atoms with Crippen LogP contribution in [0.15, 0.2) is 12.2 Å². The Bertz CT molecular complexity index is 196. The third kappa shape index (κ3) is 4.13. The van der Waals surface area contributed by atoms with Crippen LogP contribution in [0, 0.1) is 0 Å². The van der Waals surface area contributed by atoms with Crippen LogP contribution in [0.25, 0.3) is 0 Å². The van der Waals surface area contributed by atoms with Crippen LogP contribution >= 0.6 is 0 Å². The van der Waals surface area contributed by atoms with E-state index in [-0.39, 0.29) is 12.1 Å². The Morgan fingerprint density at radius 2 is 2.17 bits per heavy atom. The Labute approximate surface area is 72.4 Å². The normalized spacial score (nSPS) is 22.8. The number of ether oxygens (including phenoxy) is 2. The summed E-state index contributed by atoms with van der Waals surface area (Å²) in [7, 11) is 0. The van der Waals surface area contributed by atoms with Gasteiger partial charge >= 0.3 is 5.97 Å². The van der Waals surface area contributed by atoms with E-state index in [0.29, 0.717) is 0 Å². The lowest BCUT2D eigenvalue weighted by molar-refractivity contribution is -0.148. The molecule has 0 amide bonds. The van der Waals surface area contributed by atoms with Gasteiger partial charge in [0, 0.05) is 6.08 Å². The van der Waals surface area contributed by atoms with Crippen molar-refractivity contribution in [1.29, 1.82) is 0 Å². The summed E-state index contributed by atoms with van der Waals surface area (Å²) in [4.78, 5) is 11.0. The first-order chi connectivity index (χ1) is 5.47. The van der Waals surface area contributed by atoms with Crippen LogP contribution < -0.4 is 0 Å². The first kappa shape index (κ1) is 9.26. The predicted molar refractivity (Wildman–Crippen MR) is 44.7 cm³/mol. The second-order valence-electron chi connectivity index (χ2n) is 3.76. The molecule has 0 aliphatic carbocycles. The zero-order valence-electron chi connectivity index (χ0n) is 7.66. The quantitative estimate of drug-likeness (QED) is 0.356. The molecule has 0 N–H and O–H groups in total. The van der Waals surface area contributed by atoms with E-state index in [1.165, 1.54) is 6.08 Å². The predicted octanol–water partition coefficient (Wildman–Crippen LogP) is 1.28. The fourth-order valence-electron chi connectivity index (χ4n) is 0.688. The number of esters is 1. The van der Waals surface area contributed by atoms with E-state index in [2.05, 4.69) is 0 Å². The van der Waals surface area contributed by atoms with Gasteiger partial charge in [0.1, 0.15) is 5.60 Å². The van der Waals surface area contributed by atoms with Gasteiger partial charge in [0.15, 0.2) is 0 Å². The molecule has 0 aromatic carbocycles. The molecule has 1 unspecified atom stereocenters. The van der Waals surface area contributed by atoms with E-state index in [1.807, 2.05) is 20.8 Å². The monoisotopic (exact) mass is 170 g/mol. The van der Waals surface area contributed by atoms with Crippen molar-refractivity contribution in [3.05, 3.63) is 12.2 Å². The van der Waals surface area contributed by atoms with Crippen LogP contribution in [0.3, 0.4) is 0 Å². The first-order valence-electron chi connectivity index (χ1n) is 4.00. The summed E-state index contributed by atoms with van der Waals surface area (Å²) in [5, 5.41) is 0. The molecule has 1 atom stereocenters. The molecule has 0 saturated carbocycles. The summed E-state index contributed by atoms with van der Waals surface area (Å²) in [5.41, 5.74) is -0.411.